The average molecular weight is 327 g/mol. The van der Waals surface area contributed by atoms with Gasteiger partial charge in [0, 0.05) is 12.6 Å². The number of anilines is 1. The van der Waals surface area contributed by atoms with Gasteiger partial charge in [-0.2, -0.15) is 0 Å². The van der Waals surface area contributed by atoms with Gasteiger partial charge in [-0.15, -0.1) is 11.8 Å². The van der Waals surface area contributed by atoms with Gasteiger partial charge in [-0.3, -0.25) is 9.59 Å². The largest absolute Gasteiger partial charge is 0.480 e. The molecule has 0 spiro atoms. The first kappa shape index (κ1) is 16.3. The van der Waals surface area contributed by atoms with Gasteiger partial charge >= 0.3 is 5.97 Å². The van der Waals surface area contributed by atoms with E-state index in [0.717, 1.165) is 11.8 Å². The predicted molar refractivity (Wildman–Crippen MR) is 79.6 cm³/mol. The Morgan fingerprint density at radius 3 is 2.91 bits per heavy atom. The second-order valence-corrected chi connectivity index (χ2v) is 5.93. The maximum atomic E-state index is 12.0. The number of carbonyl (C=O) groups is 3. The van der Waals surface area contributed by atoms with Crippen molar-refractivity contribution >= 4 is 35.4 Å². The Morgan fingerprint density at radius 2 is 2.27 bits per heavy atom. The smallest absolute Gasteiger partial charge is 0.326 e. The molecule has 2 heterocycles. The lowest BCUT2D eigenvalue weighted by Gasteiger charge is -2.21. The monoisotopic (exact) mass is 327 g/mol. The molecule has 1 saturated heterocycles. The standard InChI is InChI=1S/C13H17N3O5S/c1-8-5-10(15-21-8)14-11(17)6-22-7-12(18)16-4-2-3-9(16)13(19)20/h5,9H,2-4,6-7H2,1H3,(H,19,20)(H,14,15,17)/t9-/m1/s1. The van der Waals surface area contributed by atoms with Crippen molar-refractivity contribution in [2.45, 2.75) is 25.8 Å². The second kappa shape index (κ2) is 7.30. The molecule has 0 bridgehead atoms. The van der Waals surface area contributed by atoms with Gasteiger partial charge < -0.3 is 19.8 Å². The number of amides is 2. The number of rotatable bonds is 6. The molecule has 0 aromatic carbocycles. The minimum Gasteiger partial charge on any atom is -0.480 e. The summed E-state index contributed by atoms with van der Waals surface area (Å²) in [6.45, 7) is 2.17. The summed E-state index contributed by atoms with van der Waals surface area (Å²) in [6.07, 6.45) is 1.18. The number of hydrogen-bond acceptors (Lipinski definition) is 6. The Hall–Kier alpha value is -2.03. The number of nitrogens with zero attached hydrogens (tertiary/aromatic N) is 2. The lowest BCUT2D eigenvalue weighted by Crippen LogP contribution is -2.41. The minimum absolute atomic E-state index is 0.0784. The number of carboxylic acids is 1. The molecule has 0 saturated carbocycles. The van der Waals surface area contributed by atoms with Gasteiger partial charge in [0.15, 0.2) is 5.82 Å². The fourth-order valence-electron chi connectivity index (χ4n) is 2.24. The summed E-state index contributed by atoms with van der Waals surface area (Å²) >= 11 is 1.14. The van der Waals surface area contributed by atoms with E-state index in [-0.39, 0.29) is 23.3 Å². The van der Waals surface area contributed by atoms with E-state index in [9.17, 15) is 14.4 Å². The van der Waals surface area contributed by atoms with Crippen LogP contribution in [0.2, 0.25) is 0 Å². The lowest BCUT2D eigenvalue weighted by molar-refractivity contribution is -0.147. The molecule has 0 aliphatic carbocycles. The van der Waals surface area contributed by atoms with Gasteiger partial charge in [-0.25, -0.2) is 4.79 Å². The predicted octanol–water partition coefficient (Wildman–Crippen LogP) is 0.730. The van der Waals surface area contributed by atoms with Crippen LogP contribution in [0.3, 0.4) is 0 Å². The molecule has 1 aliphatic rings. The first-order valence-electron chi connectivity index (χ1n) is 6.80. The zero-order valence-corrected chi connectivity index (χ0v) is 12.9. The van der Waals surface area contributed by atoms with Crippen LogP contribution in [0.5, 0.6) is 0 Å². The number of aryl methyl sites for hydroxylation is 1. The van der Waals surface area contributed by atoms with E-state index in [1.54, 1.807) is 13.0 Å². The number of carboxylic acid groups (broad SMARTS) is 1. The summed E-state index contributed by atoms with van der Waals surface area (Å²) in [6, 6.07) is 0.857. The van der Waals surface area contributed by atoms with Crippen molar-refractivity contribution in [1.29, 1.82) is 0 Å². The van der Waals surface area contributed by atoms with Crippen LogP contribution in [-0.2, 0) is 14.4 Å². The van der Waals surface area contributed by atoms with E-state index < -0.39 is 12.0 Å². The van der Waals surface area contributed by atoms with Crippen LogP contribution < -0.4 is 5.32 Å². The fourth-order valence-corrected chi connectivity index (χ4v) is 2.94. The highest BCUT2D eigenvalue weighted by Gasteiger charge is 2.33. The third-order valence-corrected chi connectivity index (χ3v) is 4.13. The van der Waals surface area contributed by atoms with Crippen molar-refractivity contribution < 1.29 is 24.0 Å². The number of carbonyl (C=O) groups excluding carboxylic acids is 2. The van der Waals surface area contributed by atoms with Crippen molar-refractivity contribution in [2.24, 2.45) is 0 Å². The topological polar surface area (TPSA) is 113 Å². The van der Waals surface area contributed by atoms with Gasteiger partial charge in [-0.1, -0.05) is 5.16 Å². The molecule has 1 aromatic rings. The zero-order chi connectivity index (χ0) is 16.1. The maximum absolute atomic E-state index is 12.0. The summed E-state index contributed by atoms with van der Waals surface area (Å²) in [4.78, 5) is 36.0. The highest BCUT2D eigenvalue weighted by Crippen LogP contribution is 2.19. The fraction of sp³-hybridized carbons (Fsp3) is 0.538. The molecule has 1 fully saturated rings. The van der Waals surface area contributed by atoms with Crippen LogP contribution in [0.4, 0.5) is 5.82 Å². The van der Waals surface area contributed by atoms with Gasteiger partial charge in [0.05, 0.1) is 11.5 Å². The summed E-state index contributed by atoms with van der Waals surface area (Å²) in [5.74, 6) is -0.429. The van der Waals surface area contributed by atoms with Crippen LogP contribution >= 0.6 is 11.8 Å². The number of likely N-dealkylation sites (tertiary alicyclic amines) is 1. The highest BCUT2D eigenvalue weighted by molar-refractivity contribution is 8.00. The van der Waals surface area contributed by atoms with Crippen LogP contribution in [0.25, 0.3) is 0 Å². The quantitative estimate of drug-likeness (QED) is 0.792. The van der Waals surface area contributed by atoms with Crippen molar-refractivity contribution in [3.63, 3.8) is 0 Å². The van der Waals surface area contributed by atoms with Crippen molar-refractivity contribution in [3.05, 3.63) is 11.8 Å². The van der Waals surface area contributed by atoms with E-state index in [1.165, 1.54) is 4.90 Å². The molecule has 0 unspecified atom stereocenters. The normalized spacial score (nSPS) is 17.5. The van der Waals surface area contributed by atoms with E-state index in [2.05, 4.69) is 10.5 Å². The van der Waals surface area contributed by atoms with Crippen molar-refractivity contribution in [3.8, 4) is 0 Å². The van der Waals surface area contributed by atoms with Gasteiger partial charge in [0.2, 0.25) is 11.8 Å². The summed E-state index contributed by atoms with van der Waals surface area (Å²) in [7, 11) is 0. The molecule has 2 rings (SSSR count). The molecule has 22 heavy (non-hydrogen) atoms. The van der Waals surface area contributed by atoms with Gasteiger partial charge in [0.25, 0.3) is 0 Å². The van der Waals surface area contributed by atoms with Crippen molar-refractivity contribution in [1.82, 2.24) is 10.1 Å². The number of nitrogens with one attached hydrogen (secondary N) is 1. The molecule has 9 heteroatoms. The van der Waals surface area contributed by atoms with E-state index in [1.807, 2.05) is 0 Å². The van der Waals surface area contributed by atoms with Crippen LogP contribution in [-0.4, -0.2) is 57.0 Å². The molecule has 8 nitrogen and oxygen atoms in total. The lowest BCUT2D eigenvalue weighted by atomic mass is 10.2. The van der Waals surface area contributed by atoms with Gasteiger partial charge in [-0.05, 0) is 19.8 Å². The SMILES string of the molecule is Cc1cc(NC(=O)CSCC(=O)N2CCC[C@@H]2C(=O)O)no1. The van der Waals surface area contributed by atoms with Gasteiger partial charge in [0.1, 0.15) is 11.8 Å². The Bertz CT molecular complexity index is 574. The average Bonchev–Trinajstić information content (AvgIpc) is 3.07. The highest BCUT2D eigenvalue weighted by atomic mass is 32.2. The Morgan fingerprint density at radius 1 is 1.50 bits per heavy atom. The van der Waals surface area contributed by atoms with Crippen LogP contribution in [0.15, 0.2) is 10.6 Å². The molecule has 2 N–H and O–H groups in total. The number of thioether (sulfide) groups is 1. The molecule has 1 aliphatic heterocycles. The Balaban J connectivity index is 1.72. The summed E-state index contributed by atoms with van der Waals surface area (Å²) in [5.41, 5.74) is 0. The van der Waals surface area contributed by atoms with Crippen LogP contribution in [0.1, 0.15) is 18.6 Å². The number of aromatic nitrogens is 1. The van der Waals surface area contributed by atoms with E-state index in [4.69, 9.17) is 9.63 Å². The Kier molecular flexibility index (Phi) is 5.42. The molecule has 1 aromatic heterocycles. The first-order valence-corrected chi connectivity index (χ1v) is 7.96. The molecular weight excluding hydrogens is 310 g/mol. The first-order chi connectivity index (χ1) is 10.5. The summed E-state index contributed by atoms with van der Waals surface area (Å²) < 4.78 is 4.82. The van der Waals surface area contributed by atoms with E-state index in [0.29, 0.717) is 31.0 Å². The third-order valence-electron chi connectivity index (χ3n) is 3.21. The molecule has 2 amide bonds. The molecule has 1 atom stereocenters. The third kappa shape index (κ3) is 4.23. The van der Waals surface area contributed by atoms with Crippen molar-refractivity contribution in [2.75, 3.05) is 23.4 Å². The minimum atomic E-state index is -0.977. The molecular formula is C13H17N3O5S. The molecule has 0 radical (unpaired) electrons. The maximum Gasteiger partial charge on any atom is 0.326 e. The van der Waals surface area contributed by atoms with E-state index >= 15 is 0 Å². The zero-order valence-electron chi connectivity index (χ0n) is 12.1. The van der Waals surface area contributed by atoms with Crippen LogP contribution in [0, 0.1) is 6.92 Å². The molecule has 120 valence electrons. The number of aliphatic carboxylic acids is 1. The summed E-state index contributed by atoms with van der Waals surface area (Å²) in [5, 5.41) is 15.2. The second-order valence-electron chi connectivity index (χ2n) is 4.95. The Labute approximate surface area is 131 Å². The number of hydrogen-bond donors (Lipinski definition) is 2.